The summed E-state index contributed by atoms with van der Waals surface area (Å²) < 4.78 is 85.3. The highest BCUT2D eigenvalue weighted by molar-refractivity contribution is 7.76. The van der Waals surface area contributed by atoms with Crippen LogP contribution in [0, 0.1) is 35.8 Å². The van der Waals surface area contributed by atoms with Crippen LogP contribution in [-0.2, 0) is 60.8 Å². The highest BCUT2D eigenvalue weighted by Crippen LogP contribution is 2.52. The second-order valence-electron chi connectivity index (χ2n) is 27.9. The van der Waals surface area contributed by atoms with Gasteiger partial charge >= 0.3 is 7.82 Å². The zero-order chi connectivity index (χ0) is 72.2. The second kappa shape index (κ2) is 31.2. The van der Waals surface area contributed by atoms with Gasteiger partial charge < -0.3 is 71.4 Å². The number of fused-ring (bicyclic) bond motifs is 4. The van der Waals surface area contributed by atoms with Crippen molar-refractivity contribution in [1.29, 1.82) is 10.5 Å². The number of phosphoric ester groups is 1. The Bertz CT molecular complexity index is 3750. The molecule has 0 aromatic heterocycles. The van der Waals surface area contributed by atoms with Crippen LogP contribution in [0.15, 0.2) is 72.8 Å². The van der Waals surface area contributed by atoms with Gasteiger partial charge in [-0.2, -0.15) is 10.5 Å². The normalized spacial score (nSPS) is 25.8. The minimum absolute atomic E-state index is 0.0187. The number of hydrogen-bond donors (Lipinski definition) is 1. The van der Waals surface area contributed by atoms with Crippen LogP contribution in [0.4, 0.5) is 11.4 Å². The lowest BCUT2D eigenvalue weighted by atomic mass is 9.84. The number of amides is 4. The first-order valence-corrected chi connectivity index (χ1v) is 37.6. The highest BCUT2D eigenvalue weighted by Gasteiger charge is 2.54. The molecular formula is C72H85ClN8O18P2. The second-order valence-corrected chi connectivity index (χ2v) is 31.2. The van der Waals surface area contributed by atoms with Gasteiger partial charge in [0.2, 0.25) is 23.6 Å². The summed E-state index contributed by atoms with van der Waals surface area (Å²) in [6.07, 6.45) is 2.30. The van der Waals surface area contributed by atoms with Crippen LogP contribution in [0.5, 0.6) is 23.0 Å². The highest BCUT2D eigenvalue weighted by atomic mass is 35.7. The molecule has 4 saturated heterocycles. The summed E-state index contributed by atoms with van der Waals surface area (Å²) in [7, 11) is -6.32. The molecule has 8 heterocycles. The summed E-state index contributed by atoms with van der Waals surface area (Å²) in [5, 5.41) is 19.1. The number of likely N-dealkylation sites (tertiary alicyclic amines) is 4. The van der Waals surface area contributed by atoms with E-state index in [-0.39, 0.29) is 76.5 Å². The first kappa shape index (κ1) is 74.7. The molecule has 0 aliphatic carbocycles. The molecule has 29 heteroatoms. The molecule has 101 heavy (non-hydrogen) atoms. The van der Waals surface area contributed by atoms with Crippen LogP contribution < -0.4 is 18.9 Å². The minimum Gasteiger partial charge on any atom is -0.485 e. The van der Waals surface area contributed by atoms with Crippen molar-refractivity contribution < 1.29 is 84.6 Å². The third-order valence-corrected chi connectivity index (χ3v) is 21.8. The predicted molar refractivity (Wildman–Crippen MR) is 367 cm³/mol. The van der Waals surface area contributed by atoms with Crippen LogP contribution in [0.2, 0.25) is 0 Å². The van der Waals surface area contributed by atoms with E-state index < -0.39 is 86.5 Å². The van der Waals surface area contributed by atoms with Gasteiger partial charge in [0.1, 0.15) is 69.8 Å². The van der Waals surface area contributed by atoms with Crippen molar-refractivity contribution in [3.8, 4) is 35.1 Å². The molecule has 0 saturated carbocycles. The van der Waals surface area contributed by atoms with E-state index in [2.05, 4.69) is 21.8 Å². The van der Waals surface area contributed by atoms with E-state index in [1.54, 1.807) is 82.6 Å². The van der Waals surface area contributed by atoms with Gasteiger partial charge in [-0.3, -0.25) is 28.2 Å². The molecular weight excluding hydrogens is 1360 g/mol. The molecule has 2 unspecified atom stereocenters. The number of nitrogens with zero attached hydrogens (tertiary/aromatic N) is 8. The number of phosphoric acid groups is 1. The van der Waals surface area contributed by atoms with Crippen molar-refractivity contribution in [1.82, 2.24) is 19.6 Å². The van der Waals surface area contributed by atoms with Crippen LogP contribution in [0.1, 0.15) is 164 Å². The molecule has 8 aliphatic rings. The smallest absolute Gasteiger partial charge is 0.472 e. The van der Waals surface area contributed by atoms with E-state index in [0.29, 0.717) is 121 Å². The maximum Gasteiger partial charge on any atom is 0.472 e. The van der Waals surface area contributed by atoms with Crippen LogP contribution in [0.25, 0.3) is 9.69 Å². The molecule has 538 valence electrons. The van der Waals surface area contributed by atoms with Crippen molar-refractivity contribution in [2.24, 2.45) is 0 Å². The number of rotatable bonds is 24. The van der Waals surface area contributed by atoms with Gasteiger partial charge in [-0.15, -0.1) is 0 Å². The van der Waals surface area contributed by atoms with Gasteiger partial charge in [-0.1, -0.05) is 12.1 Å². The Kier molecular flexibility index (Phi) is 23.1. The molecule has 0 radical (unpaired) electrons. The first-order chi connectivity index (χ1) is 48.2. The molecule has 10 atom stereocenters. The van der Waals surface area contributed by atoms with E-state index in [4.69, 9.17) is 80.4 Å². The molecule has 0 spiro atoms. The molecule has 1 N–H and O–H groups in total. The Labute approximate surface area is 594 Å². The number of nitriles is 2. The molecule has 4 aromatic carbocycles. The Morgan fingerprint density at radius 2 is 0.762 bits per heavy atom. The summed E-state index contributed by atoms with van der Waals surface area (Å²) in [5.74, 6) is 2.46. The summed E-state index contributed by atoms with van der Waals surface area (Å²) in [4.78, 5) is 76.4. The third-order valence-electron chi connectivity index (χ3n) is 19.4. The zero-order valence-corrected chi connectivity index (χ0v) is 60.5. The van der Waals surface area contributed by atoms with Gasteiger partial charge in [0, 0.05) is 74.1 Å². The van der Waals surface area contributed by atoms with Crippen molar-refractivity contribution in [2.75, 3.05) is 79.0 Å². The van der Waals surface area contributed by atoms with Gasteiger partial charge in [0.05, 0.1) is 113 Å². The Morgan fingerprint density at radius 1 is 0.485 bits per heavy atom. The molecule has 4 amide bonds. The van der Waals surface area contributed by atoms with Gasteiger partial charge in [-0.25, -0.2) is 14.3 Å². The number of hydrogen-bond acceptors (Lipinski definition) is 19. The fraction of sp³-hybridized carbons (Fsp3) is 0.556. The van der Waals surface area contributed by atoms with Gasteiger partial charge in [0.15, 0.2) is 11.4 Å². The van der Waals surface area contributed by atoms with E-state index in [1.165, 1.54) is 0 Å². The lowest BCUT2D eigenvalue weighted by Crippen LogP contribution is -2.55. The lowest BCUT2D eigenvalue weighted by Gasteiger charge is -2.47. The SMILES string of the molecule is [C-]#[N+]c1ccc2c(c1)[C@@H](N1CCCC1=O)[C@H](OCCOP(=O)(O)OCCO[C@H]1[C@H](N3CCCC3=O)c3cc(C#N)ccc3OC1(C)C)C(C)(C)O2.[C-]#[N+]c1ccc2c(c1)[C@@H](N1CCCC1=O)[C@H](OCCOP(Cl)OCCO[C@H]1[C@H](N3CCCC3=O)c3cc(C#N)ccc3OC1(C)C)C(C)(C)O2. The summed E-state index contributed by atoms with van der Waals surface area (Å²) >= 11 is 6.43. The van der Waals surface area contributed by atoms with E-state index in [1.807, 2.05) is 65.2 Å². The largest absolute Gasteiger partial charge is 0.485 e. The Hall–Kier alpha value is -7.49. The predicted octanol–water partition coefficient (Wildman–Crippen LogP) is 12.1. The average molecular weight is 1450 g/mol. The molecule has 8 aliphatic heterocycles. The van der Waals surface area contributed by atoms with Crippen molar-refractivity contribution in [3.63, 3.8) is 0 Å². The van der Waals surface area contributed by atoms with Crippen LogP contribution in [0.3, 0.4) is 0 Å². The van der Waals surface area contributed by atoms with E-state index in [0.717, 1.165) is 24.0 Å². The number of benzene rings is 4. The zero-order valence-electron chi connectivity index (χ0n) is 57.9. The molecule has 12 rings (SSSR count). The summed E-state index contributed by atoms with van der Waals surface area (Å²) in [6.45, 7) is 32.1. The lowest BCUT2D eigenvalue weighted by molar-refractivity contribution is -0.151. The molecule has 0 bridgehead atoms. The van der Waals surface area contributed by atoms with Crippen molar-refractivity contribution in [3.05, 3.63) is 129 Å². The fourth-order valence-electron chi connectivity index (χ4n) is 14.9. The average Bonchev–Trinajstić information content (AvgIpc) is 1.76. The number of halogens is 1. The van der Waals surface area contributed by atoms with E-state index in [9.17, 15) is 39.2 Å². The van der Waals surface area contributed by atoms with Crippen LogP contribution in [-0.4, -0.2) is 174 Å². The summed E-state index contributed by atoms with van der Waals surface area (Å²) in [6, 6.07) is 23.2. The number of carbonyl (C=O) groups is 4. The molecule has 26 nitrogen and oxygen atoms in total. The standard InChI is InChI=1S/C36H42ClN4O8P.C36H43N4O10P/c1-35(2)33(31(40-14-6-8-29(40)42)25-20-23(22-38)10-12-27(25)48-35)44-16-18-46-50(37)47-19-17-45-34-32(41-15-7-9-30(41)43)26-21-24(39-5)11-13-28(26)49-36(34,3)4;1-35(2)33(31(39-14-6-8-29(39)41)25-20-23(22-37)10-12-27(25)49-35)45-16-18-47-51(43,44)48-19-17-46-34-32(40-15-7-9-30(40)42)26-21-24(38-5)11-13-28(26)50-36(34,3)4/h10-13,20-21,31-34H,6-9,14-19H2,1-4H3;10-13,20-21,31-34H,6-9,14-19H2,1-4H3,(H,43,44)/t31-,32-,33+,34+,50?;31-,32-,33+,34+/m11/s1. The maximum atomic E-state index is 12.9. The number of carbonyl (C=O) groups excluding carboxylic acids is 4. The summed E-state index contributed by atoms with van der Waals surface area (Å²) in [5.41, 5.74) is 1.33. The number of ether oxygens (including phenoxy) is 8. The monoisotopic (exact) mass is 1450 g/mol. The van der Waals surface area contributed by atoms with Crippen molar-refractivity contribution >= 4 is 61.8 Å². The van der Waals surface area contributed by atoms with E-state index >= 15 is 0 Å². The van der Waals surface area contributed by atoms with Crippen molar-refractivity contribution in [2.45, 2.75) is 178 Å². The molecule has 4 fully saturated rings. The molecule has 4 aromatic rings. The third kappa shape index (κ3) is 16.5. The minimum atomic E-state index is -4.54. The topological polar surface area (TPSA) is 286 Å². The Morgan fingerprint density at radius 3 is 1.03 bits per heavy atom. The van der Waals surface area contributed by atoms with Crippen LogP contribution >= 0.6 is 26.8 Å². The maximum absolute atomic E-state index is 12.9. The Balaban J connectivity index is 0.000000203. The quantitative estimate of drug-likeness (QED) is 0.0387. The van der Waals surface area contributed by atoms with Gasteiger partial charge in [-0.05, 0) is 153 Å². The van der Waals surface area contributed by atoms with Gasteiger partial charge in [0.25, 0.3) is 7.73 Å². The fourth-order valence-corrected chi connectivity index (χ4v) is 16.5. The first-order valence-electron chi connectivity index (χ1n) is 34.0.